The normalized spacial score (nSPS) is 11.7. The molecule has 5 heteroatoms. The summed E-state index contributed by atoms with van der Waals surface area (Å²) in [5.41, 5.74) is 10.8. The number of pyridine rings is 3. The van der Waals surface area contributed by atoms with Crippen LogP contribution in [0.3, 0.4) is 0 Å². The van der Waals surface area contributed by atoms with Crippen molar-refractivity contribution in [1.82, 2.24) is 19.5 Å². The highest BCUT2D eigenvalue weighted by atomic mass is 15.0. The molecule has 5 nitrogen and oxygen atoms in total. The predicted octanol–water partition coefficient (Wildman–Crippen LogP) is 11.5. The van der Waals surface area contributed by atoms with E-state index in [4.69, 9.17) is 21.5 Å². The second-order valence-corrected chi connectivity index (χ2v) is 12.3. The Kier molecular flexibility index (Phi) is 5.87. The molecule has 0 unspecified atom stereocenters. The maximum atomic E-state index is 7.62. The summed E-state index contributed by atoms with van der Waals surface area (Å²) in [4.78, 5) is 18.6. The summed E-state index contributed by atoms with van der Waals surface area (Å²) < 4.78 is 2.25. The van der Waals surface area contributed by atoms with Crippen LogP contribution in [0.1, 0.15) is 0 Å². The quantitative estimate of drug-likeness (QED) is 0.145. The minimum atomic E-state index is 0.631. The first-order chi connectivity index (χ1) is 24.3. The minimum absolute atomic E-state index is 0.631. The molecule has 0 amide bonds. The lowest BCUT2D eigenvalue weighted by Gasteiger charge is -2.15. The Morgan fingerprint density at radius 2 is 1.16 bits per heavy atom. The molecule has 0 spiro atoms. The van der Waals surface area contributed by atoms with E-state index in [9.17, 15) is 0 Å². The minimum Gasteiger partial charge on any atom is -0.311 e. The Hall–Kier alpha value is -6.90. The van der Waals surface area contributed by atoms with Gasteiger partial charge in [-0.05, 0) is 59.7 Å². The van der Waals surface area contributed by atoms with Crippen molar-refractivity contribution in [3.8, 4) is 28.1 Å². The molecule has 0 aliphatic carbocycles. The van der Waals surface area contributed by atoms with E-state index in [-0.39, 0.29) is 0 Å². The van der Waals surface area contributed by atoms with Gasteiger partial charge in [0.05, 0.1) is 34.3 Å². The van der Waals surface area contributed by atoms with Crippen molar-refractivity contribution in [2.24, 2.45) is 0 Å². The zero-order valence-corrected chi connectivity index (χ0v) is 26.2. The summed E-state index contributed by atoms with van der Waals surface area (Å²) in [6.07, 6.45) is 3.68. The smallest absolute Gasteiger partial charge is 0.189 e. The standard InChI is InChI=1S/C44H25N5/c1-45-30-20-21-32-36-25-29(19-22-38(36)49(39(32)26-30)31-9-3-2-4-10-31)27-15-17-28(18-16-27)42-41-35-13-8-24-47-44(35)43-34(12-7-23-46-43)40(41)33-11-5-6-14-37(33)48-42/h2-26H. The van der Waals surface area contributed by atoms with Crippen molar-refractivity contribution in [2.45, 2.75) is 0 Å². The van der Waals surface area contributed by atoms with Gasteiger partial charge in [0.15, 0.2) is 5.69 Å². The summed E-state index contributed by atoms with van der Waals surface area (Å²) in [6.45, 7) is 7.62. The maximum absolute atomic E-state index is 7.62. The number of rotatable bonds is 3. The van der Waals surface area contributed by atoms with Crippen LogP contribution >= 0.6 is 0 Å². The van der Waals surface area contributed by atoms with Crippen molar-refractivity contribution < 1.29 is 0 Å². The third-order valence-electron chi connectivity index (χ3n) is 9.66. The molecule has 6 aromatic carbocycles. The molecule has 0 radical (unpaired) electrons. The van der Waals surface area contributed by atoms with Crippen molar-refractivity contribution >= 4 is 71.0 Å². The Morgan fingerprint density at radius 1 is 0.490 bits per heavy atom. The third-order valence-corrected chi connectivity index (χ3v) is 9.66. The fourth-order valence-electron chi connectivity index (χ4n) is 7.49. The van der Waals surface area contributed by atoms with E-state index in [2.05, 4.69) is 100 Å². The number of hydrogen-bond donors (Lipinski definition) is 0. The molecule has 4 aromatic heterocycles. The molecule has 4 heterocycles. The number of para-hydroxylation sites is 2. The molecule has 226 valence electrons. The van der Waals surface area contributed by atoms with Crippen LogP contribution in [0.4, 0.5) is 5.69 Å². The summed E-state index contributed by atoms with van der Waals surface area (Å²) in [5.74, 6) is 0. The van der Waals surface area contributed by atoms with Gasteiger partial charge in [-0.25, -0.2) is 9.83 Å². The molecule has 0 saturated heterocycles. The van der Waals surface area contributed by atoms with Gasteiger partial charge < -0.3 is 4.57 Å². The maximum Gasteiger partial charge on any atom is 0.189 e. The largest absolute Gasteiger partial charge is 0.311 e. The van der Waals surface area contributed by atoms with E-state index >= 15 is 0 Å². The van der Waals surface area contributed by atoms with Gasteiger partial charge in [0.2, 0.25) is 0 Å². The molecule has 10 rings (SSSR count). The molecule has 0 bridgehead atoms. The number of nitrogens with zero attached hydrogens (tertiary/aromatic N) is 5. The molecule has 0 atom stereocenters. The summed E-state index contributed by atoms with van der Waals surface area (Å²) in [6, 6.07) is 48.3. The highest BCUT2D eigenvalue weighted by Crippen LogP contribution is 2.42. The molecule has 0 fully saturated rings. The monoisotopic (exact) mass is 623 g/mol. The Labute approximate surface area is 281 Å². The highest BCUT2D eigenvalue weighted by molar-refractivity contribution is 6.32. The van der Waals surface area contributed by atoms with Crippen LogP contribution in [0.15, 0.2) is 152 Å². The first-order valence-electron chi connectivity index (χ1n) is 16.2. The summed E-state index contributed by atoms with van der Waals surface area (Å²) in [7, 11) is 0. The predicted molar refractivity (Wildman–Crippen MR) is 201 cm³/mol. The van der Waals surface area contributed by atoms with Crippen LogP contribution in [0.5, 0.6) is 0 Å². The van der Waals surface area contributed by atoms with Gasteiger partial charge in [-0.3, -0.25) is 9.97 Å². The van der Waals surface area contributed by atoms with Crippen LogP contribution in [0.2, 0.25) is 0 Å². The first kappa shape index (κ1) is 27.2. The zero-order chi connectivity index (χ0) is 32.5. The molecule has 49 heavy (non-hydrogen) atoms. The van der Waals surface area contributed by atoms with Gasteiger partial charge in [0, 0.05) is 66.9 Å². The molecule has 0 aliphatic heterocycles. The second-order valence-electron chi connectivity index (χ2n) is 12.3. The van der Waals surface area contributed by atoms with Gasteiger partial charge in [0.25, 0.3) is 0 Å². The topological polar surface area (TPSA) is 48.0 Å². The zero-order valence-electron chi connectivity index (χ0n) is 26.2. The molecule has 0 aliphatic rings. The van der Waals surface area contributed by atoms with Crippen LogP contribution in [-0.4, -0.2) is 19.5 Å². The SMILES string of the molecule is [C-]#[N+]c1ccc2c3cc(-c4ccc(-c5nc6ccccc6c6c7cccnc7c7ncccc7c56)cc4)ccc3n(-c3ccccc3)c2c1. The van der Waals surface area contributed by atoms with Gasteiger partial charge >= 0.3 is 0 Å². The van der Waals surface area contributed by atoms with E-state index < -0.39 is 0 Å². The lowest BCUT2D eigenvalue weighted by atomic mass is 9.92. The van der Waals surface area contributed by atoms with E-state index in [0.29, 0.717) is 5.69 Å². The van der Waals surface area contributed by atoms with Crippen molar-refractivity contribution in [3.05, 3.63) is 163 Å². The number of aromatic nitrogens is 4. The lowest BCUT2D eigenvalue weighted by Crippen LogP contribution is -1.94. The first-order valence-corrected chi connectivity index (χ1v) is 16.2. The van der Waals surface area contributed by atoms with Crippen LogP contribution in [0.25, 0.3) is 98.2 Å². The number of hydrogen-bond acceptors (Lipinski definition) is 3. The van der Waals surface area contributed by atoms with E-state index in [1.165, 1.54) is 0 Å². The summed E-state index contributed by atoms with van der Waals surface area (Å²) >= 11 is 0. The average Bonchev–Trinajstić information content (AvgIpc) is 3.50. The van der Waals surface area contributed by atoms with E-state index in [0.717, 1.165) is 93.4 Å². The van der Waals surface area contributed by atoms with Crippen molar-refractivity contribution in [1.29, 1.82) is 0 Å². The Balaban J connectivity index is 1.17. The summed E-state index contributed by atoms with van der Waals surface area (Å²) in [5, 5.41) is 7.73. The Morgan fingerprint density at radius 3 is 1.94 bits per heavy atom. The van der Waals surface area contributed by atoms with E-state index in [1.807, 2.05) is 60.9 Å². The van der Waals surface area contributed by atoms with Gasteiger partial charge in [-0.1, -0.05) is 91.0 Å². The van der Waals surface area contributed by atoms with Crippen LogP contribution in [0, 0.1) is 6.57 Å². The van der Waals surface area contributed by atoms with Crippen LogP contribution < -0.4 is 0 Å². The highest BCUT2D eigenvalue weighted by Gasteiger charge is 2.19. The molecular formula is C44H25N5. The van der Waals surface area contributed by atoms with Crippen LogP contribution in [-0.2, 0) is 0 Å². The number of benzene rings is 6. The number of fused-ring (bicyclic) bond motifs is 11. The molecular weight excluding hydrogens is 599 g/mol. The van der Waals surface area contributed by atoms with E-state index in [1.54, 1.807) is 0 Å². The fraction of sp³-hybridized carbons (Fsp3) is 0. The van der Waals surface area contributed by atoms with Crippen molar-refractivity contribution in [3.63, 3.8) is 0 Å². The molecule has 10 aromatic rings. The average molecular weight is 624 g/mol. The Bertz CT molecular complexity index is 2990. The fourth-order valence-corrected chi connectivity index (χ4v) is 7.49. The lowest BCUT2D eigenvalue weighted by molar-refractivity contribution is 1.18. The molecule has 0 saturated carbocycles. The van der Waals surface area contributed by atoms with Gasteiger partial charge in [-0.2, -0.15) is 0 Å². The third kappa shape index (κ3) is 4.08. The molecule has 0 N–H and O–H groups in total. The van der Waals surface area contributed by atoms with Gasteiger partial charge in [-0.15, -0.1) is 0 Å². The van der Waals surface area contributed by atoms with Gasteiger partial charge in [0.1, 0.15) is 0 Å². The van der Waals surface area contributed by atoms with Crippen molar-refractivity contribution in [2.75, 3.05) is 0 Å². The second kappa shape index (κ2) is 10.6.